The number of rotatable bonds is 4. The molecule has 0 fully saturated rings. The molecule has 0 saturated heterocycles. The van der Waals surface area contributed by atoms with E-state index in [1.807, 2.05) is 34.9 Å². The Kier molecular flexibility index (Phi) is 3.34. The normalized spacial score (nSPS) is 12.6. The Balaban J connectivity index is 2.27. The van der Waals surface area contributed by atoms with Gasteiger partial charge in [0.2, 0.25) is 0 Å². The summed E-state index contributed by atoms with van der Waals surface area (Å²) in [6, 6.07) is 9.84. The maximum atomic E-state index is 6.19. The van der Waals surface area contributed by atoms with Crippen LogP contribution in [0.4, 0.5) is 0 Å². The number of aromatic nitrogens is 2. The number of nitrogens with zero attached hydrogens (tertiary/aromatic N) is 2. The van der Waals surface area contributed by atoms with Crippen molar-refractivity contribution in [3.8, 4) is 0 Å². The Morgan fingerprint density at radius 3 is 2.69 bits per heavy atom. The van der Waals surface area contributed by atoms with Gasteiger partial charge in [-0.15, -0.1) is 0 Å². The molecule has 1 heterocycles. The first-order valence-corrected chi connectivity index (χ1v) is 5.33. The van der Waals surface area contributed by atoms with Crippen LogP contribution in [0.5, 0.6) is 0 Å². The van der Waals surface area contributed by atoms with E-state index in [1.165, 1.54) is 0 Å². The fraction of sp³-hybridized carbons (Fsp3) is 0.250. The second kappa shape index (κ2) is 4.92. The lowest BCUT2D eigenvalue weighted by Crippen LogP contribution is -2.19. The van der Waals surface area contributed by atoms with E-state index in [9.17, 15) is 0 Å². The topological polar surface area (TPSA) is 69.9 Å². The number of imidazole rings is 1. The van der Waals surface area contributed by atoms with Gasteiger partial charge in [0.05, 0.1) is 24.3 Å². The quantitative estimate of drug-likeness (QED) is 0.797. The highest BCUT2D eigenvalue weighted by Gasteiger charge is 2.12. The van der Waals surface area contributed by atoms with Crippen LogP contribution < -0.4 is 11.5 Å². The molecule has 0 amide bonds. The Morgan fingerprint density at radius 1 is 1.25 bits per heavy atom. The Bertz CT molecular complexity index is 435. The first-order chi connectivity index (χ1) is 7.83. The maximum Gasteiger partial charge on any atom is 0.0949 e. The van der Waals surface area contributed by atoms with E-state index in [0.717, 1.165) is 17.8 Å². The van der Waals surface area contributed by atoms with Crippen molar-refractivity contribution in [1.82, 2.24) is 9.55 Å². The van der Waals surface area contributed by atoms with Gasteiger partial charge in [0.25, 0.3) is 0 Å². The predicted octanol–water partition coefficient (Wildman–Crippen LogP) is 0.890. The average molecular weight is 216 g/mol. The van der Waals surface area contributed by atoms with Crippen molar-refractivity contribution in [3.63, 3.8) is 0 Å². The zero-order valence-corrected chi connectivity index (χ0v) is 9.08. The van der Waals surface area contributed by atoms with Crippen molar-refractivity contribution in [2.24, 2.45) is 11.5 Å². The molecule has 0 radical (unpaired) electrons. The molecule has 1 atom stereocenters. The lowest BCUT2D eigenvalue weighted by Gasteiger charge is -2.14. The third kappa shape index (κ3) is 2.13. The van der Waals surface area contributed by atoms with Gasteiger partial charge in [-0.05, 0) is 5.56 Å². The molecule has 0 aliphatic rings. The van der Waals surface area contributed by atoms with E-state index in [0.29, 0.717) is 6.54 Å². The van der Waals surface area contributed by atoms with Crippen LogP contribution in [0.25, 0.3) is 0 Å². The molecule has 0 aliphatic carbocycles. The molecule has 2 rings (SSSR count). The summed E-state index contributed by atoms with van der Waals surface area (Å²) in [5, 5.41) is 0. The summed E-state index contributed by atoms with van der Waals surface area (Å²) < 4.78 is 2.00. The molecular formula is C12H16N4. The Morgan fingerprint density at radius 2 is 2.00 bits per heavy atom. The second-order valence-electron chi connectivity index (χ2n) is 3.69. The standard InChI is InChI=1S/C12H16N4/c13-6-7-16-9-15-8-11(16)12(14)10-4-2-1-3-5-10/h1-5,8-9,12H,6-7,13-14H2. The summed E-state index contributed by atoms with van der Waals surface area (Å²) in [5.74, 6) is 0. The van der Waals surface area contributed by atoms with E-state index in [4.69, 9.17) is 11.5 Å². The molecule has 4 nitrogen and oxygen atoms in total. The van der Waals surface area contributed by atoms with Crippen molar-refractivity contribution in [3.05, 3.63) is 54.1 Å². The van der Waals surface area contributed by atoms with E-state index < -0.39 is 0 Å². The number of hydrogen-bond acceptors (Lipinski definition) is 3. The van der Waals surface area contributed by atoms with E-state index in [-0.39, 0.29) is 6.04 Å². The van der Waals surface area contributed by atoms with Crippen LogP contribution in [0.3, 0.4) is 0 Å². The van der Waals surface area contributed by atoms with Crippen LogP contribution in [0.2, 0.25) is 0 Å². The highest BCUT2D eigenvalue weighted by molar-refractivity contribution is 5.26. The summed E-state index contributed by atoms with van der Waals surface area (Å²) >= 11 is 0. The zero-order chi connectivity index (χ0) is 11.4. The molecule has 1 aromatic heterocycles. The summed E-state index contributed by atoms with van der Waals surface area (Å²) in [6.45, 7) is 1.33. The molecule has 0 aliphatic heterocycles. The van der Waals surface area contributed by atoms with Gasteiger partial charge in [-0.1, -0.05) is 30.3 Å². The minimum absolute atomic E-state index is 0.143. The third-order valence-electron chi connectivity index (χ3n) is 2.59. The molecule has 16 heavy (non-hydrogen) atoms. The highest BCUT2D eigenvalue weighted by atomic mass is 15.1. The van der Waals surface area contributed by atoms with E-state index in [1.54, 1.807) is 12.5 Å². The first-order valence-electron chi connectivity index (χ1n) is 5.33. The first kappa shape index (κ1) is 10.9. The molecule has 4 heteroatoms. The molecule has 2 aromatic rings. The zero-order valence-electron chi connectivity index (χ0n) is 9.08. The Hall–Kier alpha value is -1.65. The molecule has 1 unspecified atom stereocenters. The highest BCUT2D eigenvalue weighted by Crippen LogP contribution is 2.18. The van der Waals surface area contributed by atoms with Gasteiger partial charge in [-0.25, -0.2) is 4.98 Å². The van der Waals surface area contributed by atoms with E-state index in [2.05, 4.69) is 4.98 Å². The lowest BCUT2D eigenvalue weighted by molar-refractivity contribution is 0.645. The number of benzene rings is 1. The SMILES string of the molecule is NCCn1cncc1C(N)c1ccccc1. The van der Waals surface area contributed by atoms with Gasteiger partial charge in [-0.2, -0.15) is 0 Å². The Labute approximate surface area is 94.9 Å². The average Bonchev–Trinajstić information content (AvgIpc) is 2.78. The van der Waals surface area contributed by atoms with Crippen molar-refractivity contribution in [2.75, 3.05) is 6.54 Å². The van der Waals surface area contributed by atoms with Gasteiger partial charge in [0.15, 0.2) is 0 Å². The van der Waals surface area contributed by atoms with Crippen molar-refractivity contribution >= 4 is 0 Å². The maximum absolute atomic E-state index is 6.19. The van der Waals surface area contributed by atoms with Gasteiger partial charge in [-0.3, -0.25) is 0 Å². The van der Waals surface area contributed by atoms with E-state index >= 15 is 0 Å². The molecule has 1 aromatic carbocycles. The molecule has 0 spiro atoms. The van der Waals surface area contributed by atoms with Crippen LogP contribution in [0.1, 0.15) is 17.3 Å². The van der Waals surface area contributed by atoms with Crippen LogP contribution in [-0.4, -0.2) is 16.1 Å². The van der Waals surface area contributed by atoms with Crippen molar-refractivity contribution in [2.45, 2.75) is 12.6 Å². The van der Waals surface area contributed by atoms with Crippen LogP contribution >= 0.6 is 0 Å². The second-order valence-corrected chi connectivity index (χ2v) is 3.69. The van der Waals surface area contributed by atoms with Gasteiger partial charge in [0.1, 0.15) is 0 Å². The largest absolute Gasteiger partial charge is 0.332 e. The smallest absolute Gasteiger partial charge is 0.0949 e. The molecule has 0 bridgehead atoms. The minimum Gasteiger partial charge on any atom is -0.332 e. The molecule has 84 valence electrons. The van der Waals surface area contributed by atoms with Crippen molar-refractivity contribution < 1.29 is 0 Å². The van der Waals surface area contributed by atoms with Crippen LogP contribution in [-0.2, 0) is 6.54 Å². The molecular weight excluding hydrogens is 200 g/mol. The van der Waals surface area contributed by atoms with Crippen molar-refractivity contribution in [1.29, 1.82) is 0 Å². The third-order valence-corrected chi connectivity index (χ3v) is 2.59. The van der Waals surface area contributed by atoms with Crippen LogP contribution in [0, 0.1) is 0 Å². The van der Waals surface area contributed by atoms with Gasteiger partial charge < -0.3 is 16.0 Å². The minimum atomic E-state index is -0.143. The molecule has 4 N–H and O–H groups in total. The number of nitrogens with two attached hydrogens (primary N) is 2. The van der Waals surface area contributed by atoms with Crippen LogP contribution in [0.15, 0.2) is 42.9 Å². The van der Waals surface area contributed by atoms with Gasteiger partial charge in [0, 0.05) is 13.1 Å². The fourth-order valence-corrected chi connectivity index (χ4v) is 1.75. The number of hydrogen-bond donors (Lipinski definition) is 2. The summed E-state index contributed by atoms with van der Waals surface area (Å²) in [5.41, 5.74) is 13.8. The fourth-order valence-electron chi connectivity index (χ4n) is 1.75. The summed E-state index contributed by atoms with van der Waals surface area (Å²) in [7, 11) is 0. The summed E-state index contributed by atoms with van der Waals surface area (Å²) in [6.07, 6.45) is 3.57. The lowest BCUT2D eigenvalue weighted by atomic mass is 10.1. The predicted molar refractivity (Wildman–Crippen MR) is 63.8 cm³/mol. The monoisotopic (exact) mass is 216 g/mol. The van der Waals surface area contributed by atoms with Gasteiger partial charge >= 0.3 is 0 Å². The molecule has 0 saturated carbocycles. The summed E-state index contributed by atoms with van der Waals surface area (Å²) in [4.78, 5) is 4.11.